The molecule has 0 saturated heterocycles. The molecule has 0 amide bonds. The van der Waals surface area contributed by atoms with Crippen molar-refractivity contribution in [2.75, 3.05) is 19.5 Å². The number of ether oxygens (including phenoxy) is 2. The van der Waals surface area contributed by atoms with Crippen LogP contribution in [0.4, 0.5) is 5.95 Å². The molecule has 0 aliphatic carbocycles. The van der Waals surface area contributed by atoms with Gasteiger partial charge in [0, 0.05) is 0 Å². The van der Waals surface area contributed by atoms with Crippen LogP contribution in [0.2, 0.25) is 0 Å². The van der Waals surface area contributed by atoms with Gasteiger partial charge in [-0.25, -0.2) is 4.98 Å². The molecule has 0 aliphatic rings. The molecule has 0 radical (unpaired) electrons. The monoisotopic (exact) mass is 179 g/mol. The van der Waals surface area contributed by atoms with Crippen LogP contribution in [0.3, 0.4) is 0 Å². The fourth-order valence-electron chi connectivity index (χ4n) is 0.721. The van der Waals surface area contributed by atoms with E-state index < -0.39 is 0 Å². The van der Waals surface area contributed by atoms with E-state index in [0.717, 1.165) is 0 Å². The molecule has 2 N–H and O–H groups in total. The van der Waals surface area contributed by atoms with Gasteiger partial charge in [0.15, 0.2) is 12.4 Å². The maximum absolute atomic E-state index is 5.34. The van der Waals surface area contributed by atoms with Gasteiger partial charge < -0.3 is 15.2 Å². The van der Waals surface area contributed by atoms with E-state index in [2.05, 4.69) is 15.9 Å². The van der Waals surface area contributed by atoms with Crippen molar-refractivity contribution < 1.29 is 9.47 Å². The van der Waals surface area contributed by atoms with Crippen LogP contribution in [0.15, 0.2) is 6.20 Å². The molecule has 0 aliphatic heterocycles. The molecule has 13 heavy (non-hydrogen) atoms. The van der Waals surface area contributed by atoms with Crippen LogP contribution in [0.1, 0.15) is 0 Å². The van der Waals surface area contributed by atoms with Crippen molar-refractivity contribution in [3.63, 3.8) is 0 Å². The summed E-state index contributed by atoms with van der Waals surface area (Å²) in [6.07, 6.45) is 6.44. The first kappa shape index (κ1) is 9.13. The van der Waals surface area contributed by atoms with Crippen molar-refractivity contribution in [1.82, 2.24) is 9.97 Å². The number of terminal acetylenes is 1. The number of hydrogen-bond donors (Lipinski definition) is 1. The minimum atomic E-state index is 0.118. The molecule has 1 heterocycles. The molecule has 5 nitrogen and oxygen atoms in total. The Balaban J connectivity index is 2.89. The fourth-order valence-corrected chi connectivity index (χ4v) is 0.721. The molecule has 5 heteroatoms. The molecule has 1 rings (SSSR count). The first-order valence-corrected chi connectivity index (χ1v) is 3.50. The van der Waals surface area contributed by atoms with E-state index in [1.54, 1.807) is 0 Å². The lowest BCUT2D eigenvalue weighted by molar-refractivity contribution is 0.317. The first-order chi connectivity index (χ1) is 6.27. The molecule has 1 aromatic rings. The minimum Gasteiger partial charge on any atom is -0.490 e. The number of anilines is 1. The number of aromatic nitrogens is 2. The Morgan fingerprint density at radius 2 is 2.46 bits per heavy atom. The molecule has 0 unspecified atom stereocenters. The Kier molecular flexibility index (Phi) is 2.92. The van der Waals surface area contributed by atoms with E-state index in [1.807, 2.05) is 0 Å². The van der Waals surface area contributed by atoms with E-state index in [4.69, 9.17) is 21.6 Å². The zero-order valence-corrected chi connectivity index (χ0v) is 7.15. The number of methoxy groups -OCH3 is 1. The molecular formula is C8H9N3O2. The normalized spacial score (nSPS) is 8.92. The third kappa shape index (κ3) is 2.24. The van der Waals surface area contributed by atoms with Crippen LogP contribution in [-0.2, 0) is 0 Å². The van der Waals surface area contributed by atoms with E-state index in [-0.39, 0.29) is 18.4 Å². The SMILES string of the molecule is C#CCOc1nc(N)ncc1OC. The lowest BCUT2D eigenvalue weighted by Crippen LogP contribution is -2.02. The van der Waals surface area contributed by atoms with Crippen molar-refractivity contribution in [3.05, 3.63) is 6.20 Å². The molecule has 68 valence electrons. The summed E-state index contributed by atoms with van der Waals surface area (Å²) in [6, 6.07) is 0. The number of nitrogens with zero attached hydrogens (tertiary/aromatic N) is 2. The standard InChI is InChI=1S/C8H9N3O2/c1-3-4-13-7-6(12-2)5-10-8(9)11-7/h1,5H,4H2,2H3,(H2,9,10,11). The van der Waals surface area contributed by atoms with Gasteiger partial charge in [0.25, 0.3) is 5.88 Å². The number of nitrogen functional groups attached to an aromatic ring is 1. The van der Waals surface area contributed by atoms with E-state index in [9.17, 15) is 0 Å². The first-order valence-electron chi connectivity index (χ1n) is 3.50. The van der Waals surface area contributed by atoms with Crippen LogP contribution < -0.4 is 15.2 Å². The third-order valence-corrected chi connectivity index (χ3v) is 1.25. The van der Waals surface area contributed by atoms with Crippen molar-refractivity contribution in [2.24, 2.45) is 0 Å². The summed E-state index contributed by atoms with van der Waals surface area (Å²) in [6.45, 7) is 0.118. The second kappa shape index (κ2) is 4.16. The van der Waals surface area contributed by atoms with Crippen molar-refractivity contribution >= 4 is 5.95 Å². The van der Waals surface area contributed by atoms with Gasteiger partial charge in [0.05, 0.1) is 13.3 Å². The Hall–Kier alpha value is -1.96. The van der Waals surface area contributed by atoms with Crippen LogP contribution in [0, 0.1) is 12.3 Å². The van der Waals surface area contributed by atoms with Crippen LogP contribution in [0.5, 0.6) is 11.6 Å². The number of rotatable bonds is 3. The lowest BCUT2D eigenvalue weighted by atomic mass is 10.5. The van der Waals surface area contributed by atoms with Gasteiger partial charge in [-0.15, -0.1) is 6.42 Å². The summed E-state index contributed by atoms with van der Waals surface area (Å²) in [7, 11) is 1.48. The Bertz CT molecular complexity index is 333. The van der Waals surface area contributed by atoms with Gasteiger partial charge in [-0.2, -0.15) is 4.98 Å². The minimum absolute atomic E-state index is 0.118. The Morgan fingerprint density at radius 1 is 1.69 bits per heavy atom. The second-order valence-corrected chi connectivity index (χ2v) is 2.09. The molecule has 0 fully saturated rings. The molecule has 0 saturated carbocycles. The van der Waals surface area contributed by atoms with E-state index >= 15 is 0 Å². The highest BCUT2D eigenvalue weighted by atomic mass is 16.5. The van der Waals surface area contributed by atoms with Gasteiger partial charge in [-0.3, -0.25) is 0 Å². The largest absolute Gasteiger partial charge is 0.490 e. The second-order valence-electron chi connectivity index (χ2n) is 2.09. The molecule has 0 spiro atoms. The maximum Gasteiger partial charge on any atom is 0.262 e. The highest BCUT2D eigenvalue weighted by Crippen LogP contribution is 2.22. The molecular weight excluding hydrogens is 170 g/mol. The van der Waals surface area contributed by atoms with Crippen LogP contribution in [0.25, 0.3) is 0 Å². The summed E-state index contributed by atoms with van der Waals surface area (Å²) in [5.41, 5.74) is 5.34. The molecule has 0 aromatic carbocycles. The quantitative estimate of drug-likeness (QED) is 0.665. The number of hydrogen-bond acceptors (Lipinski definition) is 5. The zero-order chi connectivity index (χ0) is 9.68. The van der Waals surface area contributed by atoms with E-state index in [0.29, 0.717) is 5.75 Å². The molecule has 0 bridgehead atoms. The van der Waals surface area contributed by atoms with Crippen LogP contribution >= 0.6 is 0 Å². The van der Waals surface area contributed by atoms with Gasteiger partial charge >= 0.3 is 0 Å². The van der Waals surface area contributed by atoms with Crippen LogP contribution in [-0.4, -0.2) is 23.7 Å². The van der Waals surface area contributed by atoms with Crippen molar-refractivity contribution in [1.29, 1.82) is 0 Å². The fraction of sp³-hybridized carbons (Fsp3) is 0.250. The maximum atomic E-state index is 5.34. The number of nitrogens with two attached hydrogens (primary N) is 1. The average Bonchev–Trinajstić information content (AvgIpc) is 2.15. The Morgan fingerprint density at radius 3 is 3.08 bits per heavy atom. The summed E-state index contributed by atoms with van der Waals surface area (Å²) in [5, 5.41) is 0. The lowest BCUT2D eigenvalue weighted by Gasteiger charge is -2.06. The van der Waals surface area contributed by atoms with Gasteiger partial charge in [0.2, 0.25) is 5.95 Å². The molecule has 1 aromatic heterocycles. The van der Waals surface area contributed by atoms with Crippen molar-refractivity contribution in [3.8, 4) is 24.0 Å². The smallest absolute Gasteiger partial charge is 0.262 e. The topological polar surface area (TPSA) is 70.3 Å². The summed E-state index contributed by atoms with van der Waals surface area (Å²) in [5.74, 6) is 3.09. The van der Waals surface area contributed by atoms with Gasteiger partial charge in [-0.1, -0.05) is 5.92 Å². The summed E-state index contributed by atoms with van der Waals surface area (Å²) >= 11 is 0. The van der Waals surface area contributed by atoms with Gasteiger partial charge in [0.1, 0.15) is 0 Å². The predicted molar refractivity (Wildman–Crippen MR) is 47.3 cm³/mol. The predicted octanol–water partition coefficient (Wildman–Crippen LogP) is 0.0794. The summed E-state index contributed by atoms with van der Waals surface area (Å²) < 4.78 is 9.99. The zero-order valence-electron chi connectivity index (χ0n) is 7.15. The van der Waals surface area contributed by atoms with Gasteiger partial charge in [-0.05, 0) is 0 Å². The van der Waals surface area contributed by atoms with Crippen molar-refractivity contribution in [2.45, 2.75) is 0 Å². The molecule has 0 atom stereocenters. The third-order valence-electron chi connectivity index (χ3n) is 1.25. The summed E-state index contributed by atoms with van der Waals surface area (Å²) in [4.78, 5) is 7.53. The highest BCUT2D eigenvalue weighted by Gasteiger charge is 2.06. The Labute approximate surface area is 75.9 Å². The van der Waals surface area contributed by atoms with E-state index in [1.165, 1.54) is 13.3 Å². The average molecular weight is 179 g/mol. The highest BCUT2D eigenvalue weighted by molar-refractivity contribution is 5.35.